The van der Waals surface area contributed by atoms with Gasteiger partial charge >= 0.3 is 6.03 Å². The Kier molecular flexibility index (Phi) is 6.35. The number of carbonyl (C=O) groups is 1. The summed E-state index contributed by atoms with van der Waals surface area (Å²) in [4.78, 5) is 23.7. The third-order valence-electron chi connectivity index (χ3n) is 5.66. The van der Waals surface area contributed by atoms with Crippen molar-refractivity contribution in [2.75, 3.05) is 49.7 Å². The maximum absolute atomic E-state index is 11.8. The summed E-state index contributed by atoms with van der Waals surface area (Å²) in [7, 11) is 0. The van der Waals surface area contributed by atoms with Crippen molar-refractivity contribution in [1.29, 1.82) is 0 Å². The number of aliphatic hydroxyl groups is 1. The number of ether oxygens (including phenoxy) is 2. The van der Waals surface area contributed by atoms with Crippen LogP contribution in [0.25, 0.3) is 11.4 Å². The van der Waals surface area contributed by atoms with Gasteiger partial charge in [-0.25, -0.2) is 14.8 Å². The number of hydrogen-bond acceptors (Lipinski definition) is 7. The molecule has 31 heavy (non-hydrogen) atoms. The second-order valence-corrected chi connectivity index (χ2v) is 7.85. The number of urea groups is 1. The topological polar surface area (TPSA) is 109 Å². The van der Waals surface area contributed by atoms with Crippen LogP contribution in [0.5, 0.6) is 0 Å². The monoisotopic (exact) mass is 427 g/mol. The molecule has 4 rings (SSSR count). The maximum Gasteiger partial charge on any atom is 0.319 e. The summed E-state index contributed by atoms with van der Waals surface area (Å²) in [6.45, 7) is 7.67. The van der Waals surface area contributed by atoms with Crippen LogP contribution in [0, 0.1) is 0 Å². The van der Waals surface area contributed by atoms with E-state index in [9.17, 15) is 9.90 Å². The molecule has 2 aliphatic rings. The van der Waals surface area contributed by atoms with Gasteiger partial charge in [0.15, 0.2) is 5.82 Å². The summed E-state index contributed by atoms with van der Waals surface area (Å²) in [5.41, 5.74) is 2.70. The summed E-state index contributed by atoms with van der Waals surface area (Å²) in [6.07, 6.45) is 0.467. The van der Waals surface area contributed by atoms with Gasteiger partial charge < -0.3 is 30.1 Å². The first-order valence-corrected chi connectivity index (χ1v) is 10.7. The average Bonchev–Trinajstić information content (AvgIpc) is 3.11. The van der Waals surface area contributed by atoms with E-state index in [1.165, 1.54) is 0 Å². The van der Waals surface area contributed by atoms with Gasteiger partial charge in [-0.05, 0) is 38.1 Å². The number of fused-ring (bicyclic) bond motifs is 1. The first kappa shape index (κ1) is 21.5. The molecule has 3 N–H and O–H groups in total. The van der Waals surface area contributed by atoms with E-state index in [0.29, 0.717) is 44.3 Å². The zero-order valence-electron chi connectivity index (χ0n) is 18.0. The molecule has 0 spiro atoms. The SMILES string of the molecule is CCNC(=O)Nc1ccc(-c2nc(N3CCOCC3)c3c(n2)[C@](C)(CCO)OC3)cc1. The Hall–Kier alpha value is -2.75. The van der Waals surface area contributed by atoms with E-state index < -0.39 is 5.60 Å². The van der Waals surface area contributed by atoms with Crippen LogP contribution < -0.4 is 15.5 Å². The molecule has 0 unspecified atom stereocenters. The molecule has 2 aromatic rings. The molecule has 0 saturated carbocycles. The largest absolute Gasteiger partial charge is 0.396 e. The van der Waals surface area contributed by atoms with E-state index in [1.54, 1.807) is 0 Å². The van der Waals surface area contributed by atoms with Gasteiger partial charge in [0.05, 0.1) is 25.5 Å². The minimum absolute atomic E-state index is 0.0162. The van der Waals surface area contributed by atoms with Gasteiger partial charge in [0, 0.05) is 49.5 Å². The predicted octanol–water partition coefficient (Wildman–Crippen LogP) is 2.25. The molecule has 1 saturated heterocycles. The molecule has 2 amide bonds. The van der Waals surface area contributed by atoms with Crippen LogP contribution in [0.2, 0.25) is 0 Å². The normalized spacial score (nSPS) is 20.4. The van der Waals surface area contributed by atoms with E-state index >= 15 is 0 Å². The van der Waals surface area contributed by atoms with Crippen molar-refractivity contribution < 1.29 is 19.4 Å². The molecule has 1 aromatic carbocycles. The van der Waals surface area contributed by atoms with Crippen LogP contribution in [-0.2, 0) is 21.7 Å². The van der Waals surface area contributed by atoms with Crippen molar-refractivity contribution in [2.45, 2.75) is 32.5 Å². The number of aromatic nitrogens is 2. The fraction of sp³-hybridized carbons (Fsp3) is 0.500. The molecular formula is C22H29N5O4. The lowest BCUT2D eigenvalue weighted by molar-refractivity contribution is -0.0410. The fourth-order valence-electron chi connectivity index (χ4n) is 3.95. The second kappa shape index (κ2) is 9.17. The summed E-state index contributed by atoms with van der Waals surface area (Å²) < 4.78 is 11.6. The third kappa shape index (κ3) is 4.48. The summed E-state index contributed by atoms with van der Waals surface area (Å²) >= 11 is 0. The smallest absolute Gasteiger partial charge is 0.319 e. The number of hydrogen-bond donors (Lipinski definition) is 3. The number of benzene rings is 1. The molecule has 166 valence electrons. The lowest BCUT2D eigenvalue weighted by Crippen LogP contribution is -2.37. The quantitative estimate of drug-likeness (QED) is 0.649. The standard InChI is InChI=1S/C22H29N5O4/c1-3-23-21(29)24-16-6-4-15(5-7-16)19-25-18-17(14-31-22(18,2)8-11-28)20(26-19)27-9-12-30-13-10-27/h4-7,28H,3,8-14H2,1-2H3,(H2,23,24,29)/t22-/m0/s1. The van der Waals surface area contributed by atoms with Crippen LogP contribution in [0.15, 0.2) is 24.3 Å². The minimum Gasteiger partial charge on any atom is -0.396 e. The summed E-state index contributed by atoms with van der Waals surface area (Å²) in [5.74, 6) is 1.47. The Balaban J connectivity index is 1.70. The number of nitrogens with one attached hydrogen (secondary N) is 2. The van der Waals surface area contributed by atoms with Gasteiger partial charge in [0.25, 0.3) is 0 Å². The molecule has 1 aromatic heterocycles. The molecule has 9 nitrogen and oxygen atoms in total. The van der Waals surface area contributed by atoms with Crippen LogP contribution in [0.4, 0.5) is 16.3 Å². The highest BCUT2D eigenvalue weighted by molar-refractivity contribution is 5.89. The number of anilines is 2. The molecule has 0 bridgehead atoms. The highest BCUT2D eigenvalue weighted by Gasteiger charge is 2.40. The second-order valence-electron chi connectivity index (χ2n) is 7.85. The van der Waals surface area contributed by atoms with Crippen LogP contribution in [0.1, 0.15) is 31.5 Å². The minimum atomic E-state index is -0.650. The third-order valence-corrected chi connectivity index (χ3v) is 5.66. The van der Waals surface area contributed by atoms with E-state index in [1.807, 2.05) is 38.1 Å². The fourth-order valence-corrected chi connectivity index (χ4v) is 3.95. The van der Waals surface area contributed by atoms with E-state index in [0.717, 1.165) is 35.7 Å². The van der Waals surface area contributed by atoms with Crippen molar-refractivity contribution in [1.82, 2.24) is 15.3 Å². The molecule has 3 heterocycles. The molecule has 9 heteroatoms. The van der Waals surface area contributed by atoms with Gasteiger partial charge in [-0.15, -0.1) is 0 Å². The molecule has 0 aliphatic carbocycles. The number of rotatable bonds is 6. The van der Waals surface area contributed by atoms with Gasteiger partial charge in [-0.3, -0.25) is 0 Å². The van der Waals surface area contributed by atoms with Gasteiger partial charge in [-0.2, -0.15) is 0 Å². The average molecular weight is 428 g/mol. The maximum atomic E-state index is 11.8. The molecular weight excluding hydrogens is 398 g/mol. The Labute approximate surface area is 181 Å². The Morgan fingerprint density at radius 3 is 2.65 bits per heavy atom. The van der Waals surface area contributed by atoms with Crippen LogP contribution in [0.3, 0.4) is 0 Å². The molecule has 1 atom stereocenters. The first-order chi connectivity index (χ1) is 15.0. The molecule has 2 aliphatic heterocycles. The van der Waals surface area contributed by atoms with E-state index in [-0.39, 0.29) is 12.6 Å². The molecule has 1 fully saturated rings. The number of carbonyl (C=O) groups excluding carboxylic acids is 1. The van der Waals surface area contributed by atoms with Crippen molar-refractivity contribution >= 4 is 17.5 Å². The van der Waals surface area contributed by atoms with E-state index in [4.69, 9.17) is 19.4 Å². The Morgan fingerprint density at radius 2 is 1.97 bits per heavy atom. The number of amides is 2. The predicted molar refractivity (Wildman–Crippen MR) is 117 cm³/mol. The lowest BCUT2D eigenvalue weighted by Gasteiger charge is -2.30. The number of nitrogens with zero attached hydrogens (tertiary/aromatic N) is 3. The highest BCUT2D eigenvalue weighted by atomic mass is 16.5. The van der Waals surface area contributed by atoms with Crippen LogP contribution >= 0.6 is 0 Å². The van der Waals surface area contributed by atoms with Crippen LogP contribution in [-0.4, -0.2) is 60.6 Å². The van der Waals surface area contributed by atoms with Gasteiger partial charge in [0.2, 0.25) is 0 Å². The zero-order chi connectivity index (χ0) is 21.8. The van der Waals surface area contributed by atoms with Crippen molar-refractivity contribution in [3.05, 3.63) is 35.5 Å². The first-order valence-electron chi connectivity index (χ1n) is 10.7. The molecule has 0 radical (unpaired) electrons. The van der Waals surface area contributed by atoms with Gasteiger partial charge in [-0.1, -0.05) is 0 Å². The highest BCUT2D eigenvalue weighted by Crippen LogP contribution is 2.42. The van der Waals surface area contributed by atoms with Gasteiger partial charge in [0.1, 0.15) is 11.4 Å². The zero-order valence-corrected chi connectivity index (χ0v) is 18.0. The number of morpholine rings is 1. The number of aliphatic hydroxyl groups excluding tert-OH is 1. The van der Waals surface area contributed by atoms with Crippen molar-refractivity contribution in [2.24, 2.45) is 0 Å². The summed E-state index contributed by atoms with van der Waals surface area (Å²) in [5, 5.41) is 15.1. The Morgan fingerprint density at radius 1 is 1.23 bits per heavy atom. The van der Waals surface area contributed by atoms with Crippen molar-refractivity contribution in [3.63, 3.8) is 0 Å². The Bertz CT molecular complexity index is 930. The van der Waals surface area contributed by atoms with E-state index in [2.05, 4.69) is 15.5 Å². The lowest BCUT2D eigenvalue weighted by atomic mass is 9.96. The summed E-state index contributed by atoms with van der Waals surface area (Å²) in [6, 6.07) is 7.21. The van der Waals surface area contributed by atoms with Crippen molar-refractivity contribution in [3.8, 4) is 11.4 Å².